The van der Waals surface area contributed by atoms with E-state index in [1.165, 1.54) is 33.1 Å². The molecule has 33 heavy (non-hydrogen) atoms. The van der Waals surface area contributed by atoms with E-state index in [9.17, 15) is 19.2 Å². The zero-order chi connectivity index (χ0) is 23.5. The smallest absolute Gasteiger partial charge is 0.330 e. The Hall–Kier alpha value is -3.93. The Bertz CT molecular complexity index is 1460. The lowest BCUT2D eigenvalue weighted by atomic mass is 10.3. The van der Waals surface area contributed by atoms with Gasteiger partial charge in [0, 0.05) is 6.54 Å². The van der Waals surface area contributed by atoms with Gasteiger partial charge in [-0.25, -0.2) is 9.78 Å². The number of unbranched alkanes of at least 4 members (excludes halogenated alkanes) is 1. The van der Waals surface area contributed by atoms with E-state index >= 15 is 0 Å². The molecule has 12 heteroatoms. The van der Waals surface area contributed by atoms with Crippen molar-refractivity contribution in [1.29, 1.82) is 0 Å². The minimum absolute atomic E-state index is 0.117. The number of rotatable bonds is 8. The number of nitrogens with zero attached hydrogens (tertiary/aromatic N) is 4. The number of nitrogens with one attached hydrogen (secondary N) is 1. The van der Waals surface area contributed by atoms with Crippen molar-refractivity contribution in [3.8, 4) is 0 Å². The molecule has 1 amide bonds. The van der Waals surface area contributed by atoms with Crippen LogP contribution in [-0.4, -0.2) is 25.0 Å². The number of amides is 1. The third-order valence-electron chi connectivity index (χ3n) is 5.17. The van der Waals surface area contributed by atoms with E-state index in [1.807, 2.05) is 6.92 Å². The molecule has 0 bridgehead atoms. The fourth-order valence-corrected chi connectivity index (χ4v) is 4.19. The van der Waals surface area contributed by atoms with Crippen LogP contribution in [0.3, 0.4) is 0 Å². The molecule has 0 atom stereocenters. The van der Waals surface area contributed by atoms with Crippen molar-refractivity contribution in [2.45, 2.75) is 39.4 Å². The number of nitrogens with two attached hydrogens (primary N) is 1. The third kappa shape index (κ3) is 4.37. The van der Waals surface area contributed by atoms with Crippen molar-refractivity contribution in [3.05, 3.63) is 73.1 Å². The maximum absolute atomic E-state index is 13.4. The lowest BCUT2D eigenvalue weighted by molar-refractivity contribution is -0.119. The van der Waals surface area contributed by atoms with Crippen LogP contribution in [0.4, 0.5) is 11.5 Å². The van der Waals surface area contributed by atoms with E-state index in [0.29, 0.717) is 22.4 Å². The number of fused-ring (bicyclic) bond motifs is 1. The van der Waals surface area contributed by atoms with Gasteiger partial charge in [-0.2, -0.15) is 0 Å². The zero-order valence-corrected chi connectivity index (χ0v) is 18.6. The second kappa shape index (κ2) is 9.28. The van der Waals surface area contributed by atoms with Crippen LogP contribution in [0.5, 0.6) is 0 Å². The summed E-state index contributed by atoms with van der Waals surface area (Å²) in [5, 5.41) is 2.15. The topological polar surface area (TPSA) is 149 Å². The van der Waals surface area contributed by atoms with Gasteiger partial charge in [-0.3, -0.25) is 33.4 Å². The molecule has 4 aromatic heterocycles. The summed E-state index contributed by atoms with van der Waals surface area (Å²) < 4.78 is 7.76. The highest BCUT2D eigenvalue weighted by Crippen LogP contribution is 2.21. The molecule has 0 aliphatic carbocycles. The van der Waals surface area contributed by atoms with Crippen LogP contribution in [0.25, 0.3) is 10.2 Å². The number of carbonyl (C=O) groups is 1. The summed E-state index contributed by atoms with van der Waals surface area (Å²) in [5.41, 5.74) is 4.22. The Labute approximate surface area is 190 Å². The van der Waals surface area contributed by atoms with Gasteiger partial charge in [0.1, 0.15) is 23.0 Å². The largest absolute Gasteiger partial charge is 0.467 e. The standard InChI is InChI=1S/C21H22N6O5S/c1-2-3-7-26-17(22)16(18(29)24-21(26)31)27(10-13-5-4-8-32-13)15(28)11-25-12-23-19-14(20(25)30)6-9-33-19/h4-6,8-9,12H,2-3,7,10-11,22H2,1H3,(H,24,29,31). The fraction of sp³-hybridized carbons (Fsp3) is 0.286. The van der Waals surface area contributed by atoms with Gasteiger partial charge in [-0.05, 0) is 30.0 Å². The maximum atomic E-state index is 13.4. The zero-order valence-electron chi connectivity index (χ0n) is 17.8. The third-order valence-corrected chi connectivity index (χ3v) is 5.99. The molecule has 0 fully saturated rings. The monoisotopic (exact) mass is 470 g/mol. The molecular formula is C21H22N6O5S. The van der Waals surface area contributed by atoms with Gasteiger partial charge in [0.2, 0.25) is 5.91 Å². The summed E-state index contributed by atoms with van der Waals surface area (Å²) in [6, 6.07) is 4.93. The molecular weight excluding hydrogens is 448 g/mol. The molecule has 3 N–H and O–H groups in total. The quantitative estimate of drug-likeness (QED) is 0.396. The van der Waals surface area contributed by atoms with Crippen molar-refractivity contribution in [3.63, 3.8) is 0 Å². The maximum Gasteiger partial charge on any atom is 0.330 e. The van der Waals surface area contributed by atoms with Gasteiger partial charge in [0.15, 0.2) is 5.69 Å². The molecule has 0 aromatic carbocycles. The van der Waals surface area contributed by atoms with Crippen LogP contribution in [0, 0.1) is 0 Å². The van der Waals surface area contributed by atoms with Crippen LogP contribution in [0.15, 0.2) is 55.0 Å². The molecule has 0 unspecified atom stereocenters. The summed E-state index contributed by atoms with van der Waals surface area (Å²) in [5.74, 6) is -0.328. The summed E-state index contributed by atoms with van der Waals surface area (Å²) in [6.07, 6.45) is 4.19. The van der Waals surface area contributed by atoms with Gasteiger partial charge < -0.3 is 10.2 Å². The lowest BCUT2D eigenvalue weighted by Gasteiger charge is -2.24. The highest BCUT2D eigenvalue weighted by molar-refractivity contribution is 7.16. The number of anilines is 2. The number of aromatic amines is 1. The number of H-pyrrole nitrogens is 1. The van der Waals surface area contributed by atoms with Crippen molar-refractivity contribution >= 4 is 39.0 Å². The predicted molar refractivity (Wildman–Crippen MR) is 124 cm³/mol. The molecule has 4 aromatic rings. The van der Waals surface area contributed by atoms with E-state index < -0.39 is 17.2 Å². The fourth-order valence-electron chi connectivity index (χ4n) is 3.46. The predicted octanol–water partition coefficient (Wildman–Crippen LogP) is 1.52. The highest BCUT2D eigenvalue weighted by atomic mass is 32.1. The van der Waals surface area contributed by atoms with E-state index in [0.717, 1.165) is 11.3 Å². The van der Waals surface area contributed by atoms with E-state index in [2.05, 4.69) is 9.97 Å². The number of carbonyl (C=O) groups excluding carboxylic acids is 1. The van der Waals surface area contributed by atoms with Crippen molar-refractivity contribution < 1.29 is 9.21 Å². The first-order chi connectivity index (χ1) is 15.9. The number of furan rings is 1. The van der Waals surface area contributed by atoms with Crippen LogP contribution >= 0.6 is 11.3 Å². The SMILES string of the molecule is CCCCn1c(N)c(N(Cc2ccco2)C(=O)Cn2cnc3sccc3c2=O)c(=O)[nH]c1=O. The first kappa shape index (κ1) is 22.3. The molecule has 0 aliphatic rings. The molecule has 4 heterocycles. The molecule has 4 rings (SSSR count). The number of nitrogen functional groups attached to an aromatic ring is 1. The van der Waals surface area contributed by atoms with Gasteiger partial charge in [0.25, 0.3) is 11.1 Å². The second-order valence-electron chi connectivity index (χ2n) is 7.37. The van der Waals surface area contributed by atoms with Gasteiger partial charge >= 0.3 is 5.69 Å². The average molecular weight is 471 g/mol. The van der Waals surface area contributed by atoms with E-state index in [1.54, 1.807) is 23.6 Å². The van der Waals surface area contributed by atoms with E-state index in [4.69, 9.17) is 10.2 Å². The molecule has 172 valence electrons. The number of aromatic nitrogens is 4. The first-order valence-electron chi connectivity index (χ1n) is 10.3. The highest BCUT2D eigenvalue weighted by Gasteiger charge is 2.26. The lowest BCUT2D eigenvalue weighted by Crippen LogP contribution is -2.43. The summed E-state index contributed by atoms with van der Waals surface area (Å²) in [4.78, 5) is 59.4. The minimum Gasteiger partial charge on any atom is -0.467 e. The Kier molecular flexibility index (Phi) is 6.27. The summed E-state index contributed by atoms with van der Waals surface area (Å²) in [6.45, 7) is 1.74. The first-order valence-corrected chi connectivity index (χ1v) is 11.2. The summed E-state index contributed by atoms with van der Waals surface area (Å²) in [7, 11) is 0. The molecule has 0 saturated carbocycles. The second-order valence-corrected chi connectivity index (χ2v) is 8.27. The molecule has 0 aliphatic heterocycles. The molecule has 0 spiro atoms. The van der Waals surface area contributed by atoms with Gasteiger partial charge in [-0.15, -0.1) is 11.3 Å². The Balaban J connectivity index is 1.78. The number of hydrogen-bond acceptors (Lipinski definition) is 8. The van der Waals surface area contributed by atoms with Crippen LogP contribution in [-0.2, 0) is 24.4 Å². The van der Waals surface area contributed by atoms with Crippen molar-refractivity contribution in [2.75, 3.05) is 10.6 Å². The Morgan fingerprint density at radius 2 is 2.12 bits per heavy atom. The van der Waals surface area contributed by atoms with Crippen LogP contribution in [0.1, 0.15) is 25.5 Å². The van der Waals surface area contributed by atoms with Crippen LogP contribution in [0.2, 0.25) is 0 Å². The van der Waals surface area contributed by atoms with Crippen molar-refractivity contribution in [1.82, 2.24) is 19.1 Å². The summed E-state index contributed by atoms with van der Waals surface area (Å²) >= 11 is 1.32. The Morgan fingerprint density at radius 1 is 1.30 bits per heavy atom. The minimum atomic E-state index is -0.802. The molecule has 0 saturated heterocycles. The van der Waals surface area contributed by atoms with Crippen LogP contribution < -0.4 is 27.4 Å². The van der Waals surface area contributed by atoms with Gasteiger partial charge in [-0.1, -0.05) is 13.3 Å². The number of thiophene rings is 1. The van der Waals surface area contributed by atoms with Gasteiger partial charge in [0.05, 0.1) is 24.5 Å². The molecule has 0 radical (unpaired) electrons. The average Bonchev–Trinajstić information content (AvgIpc) is 3.47. The molecule has 11 nitrogen and oxygen atoms in total. The van der Waals surface area contributed by atoms with E-state index in [-0.39, 0.29) is 36.7 Å². The Morgan fingerprint density at radius 3 is 2.85 bits per heavy atom. The number of hydrogen-bond donors (Lipinski definition) is 2. The van der Waals surface area contributed by atoms with Crippen molar-refractivity contribution in [2.24, 2.45) is 0 Å². The normalized spacial score (nSPS) is 11.2.